The van der Waals surface area contributed by atoms with Crippen molar-refractivity contribution in [1.29, 1.82) is 5.41 Å². The quantitative estimate of drug-likeness (QED) is 0.654. The van der Waals surface area contributed by atoms with E-state index in [4.69, 9.17) is 5.41 Å². The van der Waals surface area contributed by atoms with Gasteiger partial charge in [0.1, 0.15) is 0 Å². The lowest BCUT2D eigenvalue weighted by atomic mass is 10.0. The SMILES string of the molecule is N=C/C(=C\Nc1cccnc1)c1cccc2c1NCCC(=O)N2. The third-order valence-electron chi connectivity index (χ3n) is 3.51. The van der Waals surface area contributed by atoms with Crippen molar-refractivity contribution in [3.8, 4) is 0 Å². The average molecular weight is 307 g/mol. The third kappa shape index (κ3) is 3.37. The van der Waals surface area contributed by atoms with Crippen LogP contribution in [0.15, 0.2) is 48.9 Å². The Hall–Kier alpha value is -3.15. The van der Waals surface area contributed by atoms with Crippen LogP contribution in [0.1, 0.15) is 12.0 Å². The van der Waals surface area contributed by atoms with Crippen LogP contribution < -0.4 is 16.0 Å². The summed E-state index contributed by atoms with van der Waals surface area (Å²) in [6.45, 7) is 0.567. The molecule has 1 aromatic carbocycles. The maximum atomic E-state index is 11.7. The summed E-state index contributed by atoms with van der Waals surface area (Å²) in [5, 5.41) is 17.0. The van der Waals surface area contributed by atoms with Gasteiger partial charge in [0.2, 0.25) is 5.91 Å². The maximum absolute atomic E-state index is 11.7. The van der Waals surface area contributed by atoms with Crippen LogP contribution in [0.2, 0.25) is 0 Å². The number of nitrogens with one attached hydrogen (secondary N) is 4. The Kier molecular flexibility index (Phi) is 4.33. The Labute approximate surface area is 134 Å². The van der Waals surface area contributed by atoms with Gasteiger partial charge in [-0.15, -0.1) is 0 Å². The molecule has 6 nitrogen and oxygen atoms in total. The molecule has 1 aromatic heterocycles. The molecule has 0 saturated heterocycles. The normalized spacial score (nSPS) is 14.1. The second-order valence-electron chi connectivity index (χ2n) is 5.08. The van der Waals surface area contributed by atoms with Crippen LogP contribution in [-0.2, 0) is 4.79 Å². The first-order valence-electron chi connectivity index (χ1n) is 7.32. The summed E-state index contributed by atoms with van der Waals surface area (Å²) in [5.74, 6) is -0.0118. The van der Waals surface area contributed by atoms with Gasteiger partial charge in [-0.1, -0.05) is 12.1 Å². The molecule has 0 radical (unpaired) electrons. The summed E-state index contributed by atoms with van der Waals surface area (Å²) >= 11 is 0. The van der Waals surface area contributed by atoms with Gasteiger partial charge in [0, 0.05) is 42.7 Å². The Bertz CT molecular complexity index is 755. The molecule has 0 unspecified atom stereocenters. The Balaban J connectivity index is 1.94. The van der Waals surface area contributed by atoms with Crippen LogP contribution in [0.25, 0.3) is 5.57 Å². The fourth-order valence-electron chi connectivity index (χ4n) is 2.41. The highest BCUT2D eigenvalue weighted by Gasteiger charge is 2.16. The Morgan fingerprint density at radius 3 is 3.00 bits per heavy atom. The first-order chi connectivity index (χ1) is 11.3. The number of benzene rings is 1. The molecule has 0 bridgehead atoms. The van der Waals surface area contributed by atoms with Crippen molar-refractivity contribution >= 4 is 34.8 Å². The average Bonchev–Trinajstić information content (AvgIpc) is 2.77. The molecule has 23 heavy (non-hydrogen) atoms. The maximum Gasteiger partial charge on any atom is 0.226 e. The standard InChI is InChI=1S/C17H17N5O/c18-9-12(10-21-13-3-2-7-19-11-13)14-4-1-5-15-17(14)20-8-6-16(23)22-15/h1-5,7,9-11,18,20-21H,6,8H2,(H,22,23)/b12-10+,18-9?. The van der Waals surface area contributed by atoms with Crippen molar-refractivity contribution < 1.29 is 4.79 Å². The van der Waals surface area contributed by atoms with Gasteiger partial charge >= 0.3 is 0 Å². The highest BCUT2D eigenvalue weighted by molar-refractivity contribution is 6.13. The number of amides is 1. The van der Waals surface area contributed by atoms with E-state index in [0.29, 0.717) is 18.5 Å². The first kappa shape index (κ1) is 14.8. The van der Waals surface area contributed by atoms with Crippen molar-refractivity contribution in [3.05, 3.63) is 54.5 Å². The first-order valence-corrected chi connectivity index (χ1v) is 7.32. The van der Waals surface area contributed by atoms with Crippen LogP contribution in [0, 0.1) is 5.41 Å². The Morgan fingerprint density at radius 2 is 2.22 bits per heavy atom. The van der Waals surface area contributed by atoms with E-state index in [1.54, 1.807) is 18.6 Å². The van der Waals surface area contributed by atoms with Gasteiger partial charge in [-0.05, 0) is 18.2 Å². The number of pyridine rings is 1. The smallest absolute Gasteiger partial charge is 0.226 e. The summed E-state index contributed by atoms with van der Waals surface area (Å²) < 4.78 is 0. The monoisotopic (exact) mass is 307 g/mol. The number of anilines is 3. The van der Waals surface area contributed by atoms with Gasteiger partial charge in [-0.3, -0.25) is 9.78 Å². The van der Waals surface area contributed by atoms with Gasteiger partial charge in [0.05, 0.1) is 23.3 Å². The number of hydrogen-bond acceptors (Lipinski definition) is 5. The van der Waals surface area contributed by atoms with Crippen molar-refractivity contribution in [1.82, 2.24) is 4.98 Å². The van der Waals surface area contributed by atoms with E-state index in [0.717, 1.165) is 22.6 Å². The van der Waals surface area contributed by atoms with Crippen LogP contribution in [-0.4, -0.2) is 23.7 Å². The molecule has 4 N–H and O–H groups in total. The zero-order valence-corrected chi connectivity index (χ0v) is 12.5. The highest BCUT2D eigenvalue weighted by Crippen LogP contribution is 2.32. The predicted molar refractivity (Wildman–Crippen MR) is 92.8 cm³/mol. The molecule has 0 spiro atoms. The summed E-state index contributed by atoms with van der Waals surface area (Å²) in [6, 6.07) is 9.38. The summed E-state index contributed by atoms with van der Waals surface area (Å²) in [6.07, 6.45) is 6.88. The number of aromatic nitrogens is 1. The third-order valence-corrected chi connectivity index (χ3v) is 3.51. The number of fused-ring (bicyclic) bond motifs is 1. The predicted octanol–water partition coefficient (Wildman–Crippen LogP) is 2.94. The largest absolute Gasteiger partial charge is 0.382 e. The van der Waals surface area contributed by atoms with Gasteiger partial charge in [0.25, 0.3) is 0 Å². The van der Waals surface area contributed by atoms with E-state index in [-0.39, 0.29) is 5.91 Å². The Morgan fingerprint density at radius 1 is 1.30 bits per heavy atom. The van der Waals surface area contributed by atoms with Crippen molar-refractivity contribution in [2.45, 2.75) is 6.42 Å². The van der Waals surface area contributed by atoms with Crippen LogP contribution in [0.5, 0.6) is 0 Å². The van der Waals surface area contributed by atoms with Gasteiger partial charge in [-0.2, -0.15) is 0 Å². The minimum Gasteiger partial charge on any atom is -0.382 e. The van der Waals surface area contributed by atoms with E-state index in [1.165, 1.54) is 6.21 Å². The number of hydrogen-bond donors (Lipinski definition) is 4. The van der Waals surface area contributed by atoms with Crippen LogP contribution >= 0.6 is 0 Å². The zero-order chi connectivity index (χ0) is 16.1. The molecule has 1 aliphatic rings. The molecular formula is C17H17N5O. The number of para-hydroxylation sites is 1. The summed E-state index contributed by atoms with van der Waals surface area (Å²) in [7, 11) is 0. The molecular weight excluding hydrogens is 290 g/mol. The van der Waals surface area contributed by atoms with E-state index in [2.05, 4.69) is 20.9 Å². The number of carbonyl (C=O) groups is 1. The topological polar surface area (TPSA) is 89.9 Å². The molecule has 116 valence electrons. The number of nitrogens with zero attached hydrogens (tertiary/aromatic N) is 1. The van der Waals surface area contributed by atoms with E-state index in [1.807, 2.05) is 30.3 Å². The molecule has 3 rings (SSSR count). The molecule has 6 heteroatoms. The molecule has 1 aliphatic heterocycles. The fraction of sp³-hybridized carbons (Fsp3) is 0.118. The molecule has 0 aliphatic carbocycles. The highest BCUT2D eigenvalue weighted by atomic mass is 16.1. The van der Waals surface area contributed by atoms with Crippen molar-refractivity contribution in [2.24, 2.45) is 0 Å². The zero-order valence-electron chi connectivity index (χ0n) is 12.5. The van der Waals surface area contributed by atoms with Crippen LogP contribution in [0.3, 0.4) is 0 Å². The minimum atomic E-state index is -0.0118. The molecule has 2 aromatic rings. The minimum absolute atomic E-state index is 0.0118. The number of allylic oxidation sites excluding steroid dienone is 1. The molecule has 0 fully saturated rings. The molecule has 2 heterocycles. The second-order valence-corrected chi connectivity index (χ2v) is 5.08. The van der Waals surface area contributed by atoms with Gasteiger partial charge in [-0.25, -0.2) is 0 Å². The van der Waals surface area contributed by atoms with Crippen LogP contribution in [0.4, 0.5) is 17.1 Å². The number of rotatable bonds is 4. The van der Waals surface area contributed by atoms with Crippen molar-refractivity contribution in [3.63, 3.8) is 0 Å². The molecule has 0 saturated carbocycles. The second kappa shape index (κ2) is 6.74. The lowest BCUT2D eigenvalue weighted by Crippen LogP contribution is -2.10. The van der Waals surface area contributed by atoms with E-state index in [9.17, 15) is 4.79 Å². The molecule has 0 atom stereocenters. The molecule has 1 amide bonds. The van der Waals surface area contributed by atoms with E-state index < -0.39 is 0 Å². The number of carbonyl (C=O) groups excluding carboxylic acids is 1. The summed E-state index contributed by atoms with van der Waals surface area (Å²) in [4.78, 5) is 15.7. The van der Waals surface area contributed by atoms with Crippen molar-refractivity contribution in [2.75, 3.05) is 22.5 Å². The lowest BCUT2D eigenvalue weighted by Gasteiger charge is -2.14. The lowest BCUT2D eigenvalue weighted by molar-refractivity contribution is -0.115. The summed E-state index contributed by atoms with van der Waals surface area (Å²) in [5.41, 5.74) is 3.97. The fourth-order valence-corrected chi connectivity index (χ4v) is 2.41. The van der Waals surface area contributed by atoms with E-state index >= 15 is 0 Å². The van der Waals surface area contributed by atoms with Gasteiger partial charge < -0.3 is 21.4 Å². The van der Waals surface area contributed by atoms with Gasteiger partial charge in [0.15, 0.2) is 0 Å².